The molecular formula is C77H107ClF3N13O12. The Bertz CT molecular complexity index is 3750. The summed E-state index contributed by atoms with van der Waals surface area (Å²) < 4.78 is 42.0. The Balaban J connectivity index is 1.51. The number of aryl methyl sites for hydroxylation is 2. The van der Waals surface area contributed by atoms with Crippen LogP contribution >= 0.6 is 11.6 Å². The molecule has 2 aliphatic heterocycles. The van der Waals surface area contributed by atoms with E-state index in [-0.39, 0.29) is 75.0 Å². The van der Waals surface area contributed by atoms with Gasteiger partial charge >= 0.3 is 6.18 Å². The van der Waals surface area contributed by atoms with Crippen LogP contribution in [-0.2, 0) is 83.0 Å². The first kappa shape index (κ1) is 85.8. The van der Waals surface area contributed by atoms with Crippen LogP contribution in [0.25, 0.3) is 0 Å². The van der Waals surface area contributed by atoms with Gasteiger partial charge in [0.05, 0.1) is 35.2 Å². The molecule has 580 valence electrons. The maximum atomic E-state index is 15.7. The van der Waals surface area contributed by atoms with Crippen LogP contribution in [0.1, 0.15) is 146 Å². The largest absolute Gasteiger partial charge is 0.417 e. The van der Waals surface area contributed by atoms with Crippen molar-refractivity contribution in [3.8, 4) is 6.07 Å². The number of amides is 12. The highest BCUT2D eigenvalue weighted by Crippen LogP contribution is 2.37. The Morgan fingerprint density at radius 3 is 1.76 bits per heavy atom. The van der Waals surface area contributed by atoms with Crippen LogP contribution < -0.4 is 16.0 Å². The van der Waals surface area contributed by atoms with Gasteiger partial charge in [-0.05, 0) is 111 Å². The van der Waals surface area contributed by atoms with E-state index in [9.17, 15) is 52.0 Å². The first-order valence-corrected chi connectivity index (χ1v) is 36.7. The lowest BCUT2D eigenvalue weighted by Crippen LogP contribution is -2.65. The van der Waals surface area contributed by atoms with Crippen molar-refractivity contribution in [1.29, 1.82) is 5.26 Å². The molecule has 3 aromatic rings. The Morgan fingerprint density at radius 1 is 0.670 bits per heavy atom. The lowest BCUT2D eigenvalue weighted by Gasteiger charge is -2.45. The van der Waals surface area contributed by atoms with Gasteiger partial charge in [0, 0.05) is 82.8 Å². The van der Waals surface area contributed by atoms with E-state index < -0.39 is 172 Å². The number of nitrogens with zero attached hydrogens (tertiary/aromatic N) is 10. The van der Waals surface area contributed by atoms with E-state index in [4.69, 9.17) is 11.6 Å². The molecule has 6 rings (SSSR count). The van der Waals surface area contributed by atoms with E-state index >= 15 is 24.0 Å². The smallest absolute Gasteiger partial charge is 0.347 e. The number of nitrogens with one attached hydrogen (secondary N) is 3. The summed E-state index contributed by atoms with van der Waals surface area (Å²) in [5.74, 6) is -10.2. The molecule has 0 bridgehead atoms. The number of likely N-dealkylation sites (N-methyl/N-ethyl adjacent to an activating group) is 8. The molecule has 2 heterocycles. The summed E-state index contributed by atoms with van der Waals surface area (Å²) >= 11 is 6.19. The number of benzene rings is 3. The van der Waals surface area contributed by atoms with E-state index in [0.717, 1.165) is 32.4 Å². The molecule has 0 aromatic heterocycles. The van der Waals surface area contributed by atoms with Gasteiger partial charge in [-0.2, -0.15) is 18.4 Å². The second-order valence-electron chi connectivity index (χ2n) is 29.7. The van der Waals surface area contributed by atoms with Gasteiger partial charge in [-0.1, -0.05) is 127 Å². The zero-order valence-electron chi connectivity index (χ0n) is 64.3. The maximum Gasteiger partial charge on any atom is 0.417 e. The fraction of sp³-hybridized carbons (Fsp3) is 0.597. The third kappa shape index (κ3) is 20.5. The normalized spacial score (nSPS) is 24.5. The minimum atomic E-state index is -4.81. The van der Waals surface area contributed by atoms with Crippen LogP contribution in [0.15, 0.2) is 66.7 Å². The zero-order valence-corrected chi connectivity index (χ0v) is 65.0. The number of carbonyl (C=O) groups excluding carboxylic acids is 12. The minimum Gasteiger partial charge on any atom is -0.347 e. The van der Waals surface area contributed by atoms with Crippen LogP contribution in [0.3, 0.4) is 0 Å². The predicted octanol–water partition coefficient (Wildman–Crippen LogP) is 6.03. The molecule has 11 atom stereocenters. The number of carbonyl (C=O) groups is 12. The fourth-order valence-corrected chi connectivity index (χ4v) is 14.3. The van der Waals surface area contributed by atoms with Crippen molar-refractivity contribution in [2.45, 2.75) is 205 Å². The molecule has 3 N–H and O–H groups in total. The summed E-state index contributed by atoms with van der Waals surface area (Å²) in [4.78, 5) is 192. The molecule has 0 radical (unpaired) electrons. The lowest BCUT2D eigenvalue weighted by atomic mass is 9.90. The molecule has 1 aliphatic carbocycles. The van der Waals surface area contributed by atoms with Crippen molar-refractivity contribution in [2.75, 3.05) is 76.5 Å². The second-order valence-corrected chi connectivity index (χ2v) is 30.1. The Kier molecular flexibility index (Phi) is 29.9. The number of halogens is 4. The van der Waals surface area contributed by atoms with Gasteiger partial charge in [0.25, 0.3) is 0 Å². The summed E-state index contributed by atoms with van der Waals surface area (Å²) in [6.45, 7) is 13.5. The minimum absolute atomic E-state index is 0.0609. The summed E-state index contributed by atoms with van der Waals surface area (Å²) in [6, 6.07) is 6.32. The van der Waals surface area contributed by atoms with E-state index in [2.05, 4.69) is 16.0 Å². The number of hydrogen-bond donors (Lipinski definition) is 3. The summed E-state index contributed by atoms with van der Waals surface area (Å²) in [6.07, 6.45) is -4.38. The number of nitriles is 1. The number of rotatable bonds is 14. The topological polar surface area (TPSA) is 294 Å². The van der Waals surface area contributed by atoms with Gasteiger partial charge in [-0.25, -0.2) is 0 Å². The molecule has 12 amide bonds. The molecule has 3 aromatic carbocycles. The van der Waals surface area contributed by atoms with Gasteiger partial charge in [-0.15, -0.1) is 0 Å². The molecule has 3 aliphatic rings. The number of fused-ring (bicyclic) bond motifs is 1. The highest BCUT2D eigenvalue weighted by molar-refractivity contribution is 6.31. The van der Waals surface area contributed by atoms with E-state index in [1.54, 1.807) is 45.0 Å². The van der Waals surface area contributed by atoms with Crippen LogP contribution in [0.5, 0.6) is 0 Å². The average molecular weight is 1500 g/mol. The van der Waals surface area contributed by atoms with Crippen molar-refractivity contribution in [3.63, 3.8) is 0 Å². The van der Waals surface area contributed by atoms with Crippen LogP contribution in [0.2, 0.25) is 5.02 Å². The summed E-state index contributed by atoms with van der Waals surface area (Å²) in [5, 5.41) is 17.7. The molecule has 1 saturated carbocycles. The van der Waals surface area contributed by atoms with Gasteiger partial charge in [0.2, 0.25) is 70.9 Å². The van der Waals surface area contributed by atoms with Crippen molar-refractivity contribution < 1.29 is 70.7 Å². The van der Waals surface area contributed by atoms with Gasteiger partial charge < -0.3 is 60.0 Å². The third-order valence-corrected chi connectivity index (χ3v) is 21.9. The Morgan fingerprint density at radius 2 is 1.24 bits per heavy atom. The second kappa shape index (κ2) is 36.9. The molecule has 1 spiro atoms. The molecule has 3 fully saturated rings. The van der Waals surface area contributed by atoms with E-state index in [0.29, 0.717) is 36.8 Å². The van der Waals surface area contributed by atoms with Crippen molar-refractivity contribution in [2.24, 2.45) is 17.8 Å². The SMILES string of the molecule is CC[C@H](C)[C@@H]1NC(=O)[C@H](CC(C)C)N(C)C(=O)C[C@@H](C(=O)N(C)C)N(C)C(=O)[C@H]([C@@H](C)CC)N(C)C(=O)C2(CCCC2)NC(=O)[C@H](Cc2ccc(C#N)cc2)N(C)C(=O)[C@H](CCc2ccc(C(F)(F)F)c(Cl)c2)NC(=O)CN(C)C(=O)[C@H](Cc2ccc(C)cc2)N(C)C(=O)[C@@H]2CCN2C(=O)[C@H](C)N(C)C1=O. The number of alkyl halides is 3. The molecule has 29 heteroatoms. The highest BCUT2D eigenvalue weighted by atomic mass is 35.5. The van der Waals surface area contributed by atoms with Crippen LogP contribution in [0, 0.1) is 36.0 Å². The average Bonchev–Trinajstić information content (AvgIpc) is 1.46. The van der Waals surface area contributed by atoms with Gasteiger partial charge in [-0.3, -0.25) is 57.5 Å². The van der Waals surface area contributed by atoms with E-state index in [1.165, 1.54) is 118 Å². The van der Waals surface area contributed by atoms with Crippen LogP contribution in [0.4, 0.5) is 13.2 Å². The molecular weight excluding hydrogens is 1390 g/mol. The van der Waals surface area contributed by atoms with Crippen molar-refractivity contribution in [1.82, 2.24) is 60.0 Å². The molecule has 2 saturated heterocycles. The van der Waals surface area contributed by atoms with Gasteiger partial charge in [0.1, 0.15) is 59.9 Å². The zero-order chi connectivity index (χ0) is 79.3. The Labute approximate surface area is 626 Å². The summed E-state index contributed by atoms with van der Waals surface area (Å²) in [7, 11) is 12.4. The molecule has 0 unspecified atom stereocenters. The fourth-order valence-electron chi connectivity index (χ4n) is 14.0. The third-order valence-electron chi connectivity index (χ3n) is 21.6. The van der Waals surface area contributed by atoms with Crippen molar-refractivity contribution in [3.05, 3.63) is 105 Å². The lowest BCUT2D eigenvalue weighted by molar-refractivity contribution is -0.160. The molecule has 25 nitrogen and oxygen atoms in total. The molecule has 106 heavy (non-hydrogen) atoms. The summed E-state index contributed by atoms with van der Waals surface area (Å²) in [5.41, 5.74) is -0.376. The quantitative estimate of drug-likeness (QED) is 0.166. The monoisotopic (exact) mass is 1500 g/mol. The first-order chi connectivity index (χ1) is 49.6. The predicted molar refractivity (Wildman–Crippen MR) is 392 cm³/mol. The first-order valence-electron chi connectivity index (χ1n) is 36.3. The number of hydrogen-bond acceptors (Lipinski definition) is 13. The Hall–Kier alpha value is -9.13. The highest BCUT2D eigenvalue weighted by Gasteiger charge is 2.51. The van der Waals surface area contributed by atoms with Crippen molar-refractivity contribution >= 4 is 82.5 Å². The van der Waals surface area contributed by atoms with E-state index in [1.807, 2.05) is 45.9 Å². The maximum absolute atomic E-state index is 15.7. The van der Waals surface area contributed by atoms with Gasteiger partial charge in [0.15, 0.2) is 0 Å². The van der Waals surface area contributed by atoms with Crippen LogP contribution in [-0.4, -0.2) is 251 Å². The standard InChI is InChI=1S/C77H107ClF3N13O12/c1-18-47(6)64-73(104)88(12)49(8)68(99)94-37-34-57(94)72(103)91(15)60(41-51-24-22-46(5)23-25-51)71(102)87(11)44-62(95)83-56(33-31-50-30-32-54(55(78)39-50)77(79,80)81)69(100)90(14)59(40-52-26-28-53(43-82)29-27-52)67(98)85-76(35-20-21-36-76)75(106)93(17)65(48(7)19-2)74(105)92(16)61(70(101)86(9)10)42-63(96)89(13)58(38-45(3)4)66(97)84-64/h22-30,32,39,45,47-49,56-61,64-65H,18-21,31,33-38,40-42,44H2,1-17H3,(H,83,95)(H,84,97)(H,85,98)/t47-,48-,49-,56-,57-,58-,59-,60-,61-,64-,65-/m0/s1.